The zero-order valence-corrected chi connectivity index (χ0v) is 14.4. The minimum Gasteiger partial charge on any atom is -0.497 e. The third-order valence-electron chi connectivity index (χ3n) is 4.15. The minimum atomic E-state index is -0.775. The quantitative estimate of drug-likeness (QED) is 0.865. The molecule has 0 aromatic heterocycles. The molecule has 1 aromatic carbocycles. The Labute approximate surface area is 142 Å². The molecule has 1 aliphatic heterocycles. The van der Waals surface area contributed by atoms with Crippen LogP contribution in [0.25, 0.3) is 0 Å². The Morgan fingerprint density at radius 3 is 2.50 bits per heavy atom. The highest BCUT2D eigenvalue weighted by Crippen LogP contribution is 2.29. The van der Waals surface area contributed by atoms with Crippen molar-refractivity contribution in [1.29, 1.82) is 0 Å². The van der Waals surface area contributed by atoms with Gasteiger partial charge in [0.25, 0.3) is 5.91 Å². The fraction of sp³-hybridized carbons (Fsp3) is 0.556. The van der Waals surface area contributed by atoms with Crippen molar-refractivity contribution in [3.8, 4) is 11.5 Å². The summed E-state index contributed by atoms with van der Waals surface area (Å²) in [4.78, 5) is 25.4. The first-order valence-electron chi connectivity index (χ1n) is 8.26. The number of likely N-dealkylation sites (tertiary alicyclic amines) is 1. The lowest BCUT2D eigenvalue weighted by Crippen LogP contribution is -2.39. The molecule has 0 bridgehead atoms. The molecule has 1 heterocycles. The Kier molecular flexibility index (Phi) is 6.06. The average Bonchev–Trinajstić information content (AvgIpc) is 2.53. The molecule has 6 nitrogen and oxygen atoms in total. The molecule has 6 heteroatoms. The van der Waals surface area contributed by atoms with Crippen LogP contribution < -0.4 is 9.47 Å². The third kappa shape index (κ3) is 4.63. The van der Waals surface area contributed by atoms with Crippen LogP contribution >= 0.6 is 0 Å². The summed E-state index contributed by atoms with van der Waals surface area (Å²) in [5.41, 5.74) is 0.515. The number of ether oxygens (including phenoxy) is 2. The molecular formula is C18H25NO5. The lowest BCUT2D eigenvalue weighted by molar-refractivity contribution is -0.138. The molecule has 0 saturated carbocycles. The van der Waals surface area contributed by atoms with Gasteiger partial charge in [0, 0.05) is 25.6 Å². The van der Waals surface area contributed by atoms with Gasteiger partial charge in [-0.05, 0) is 44.7 Å². The van der Waals surface area contributed by atoms with Gasteiger partial charge in [-0.15, -0.1) is 0 Å². The number of carboxylic acid groups (broad SMARTS) is 1. The number of methoxy groups -OCH3 is 1. The highest BCUT2D eigenvalue weighted by Gasteiger charge is 2.27. The minimum absolute atomic E-state index is 0.0510. The number of hydrogen-bond donors (Lipinski definition) is 1. The second-order valence-corrected chi connectivity index (χ2v) is 6.36. The SMILES string of the molecule is COc1ccc(C(=O)N2CCC(CC(=O)O)CC2)c(OC(C)C)c1. The van der Waals surface area contributed by atoms with Crippen LogP contribution in [0.15, 0.2) is 18.2 Å². The van der Waals surface area contributed by atoms with Gasteiger partial charge in [-0.3, -0.25) is 9.59 Å². The molecule has 0 aliphatic carbocycles. The lowest BCUT2D eigenvalue weighted by atomic mass is 9.93. The monoisotopic (exact) mass is 335 g/mol. The van der Waals surface area contributed by atoms with E-state index >= 15 is 0 Å². The Morgan fingerprint density at radius 1 is 1.29 bits per heavy atom. The van der Waals surface area contributed by atoms with Crippen molar-refractivity contribution >= 4 is 11.9 Å². The molecule has 1 amide bonds. The molecule has 0 unspecified atom stereocenters. The molecule has 2 rings (SSSR count). The van der Waals surface area contributed by atoms with Crippen LogP contribution in [0.3, 0.4) is 0 Å². The average molecular weight is 335 g/mol. The van der Waals surface area contributed by atoms with Crippen LogP contribution in [0.4, 0.5) is 0 Å². The van der Waals surface area contributed by atoms with Crippen molar-refractivity contribution in [2.75, 3.05) is 20.2 Å². The fourth-order valence-electron chi connectivity index (χ4n) is 2.92. The molecule has 0 spiro atoms. The van der Waals surface area contributed by atoms with E-state index < -0.39 is 5.97 Å². The van der Waals surface area contributed by atoms with Gasteiger partial charge in [0.2, 0.25) is 0 Å². The largest absolute Gasteiger partial charge is 0.497 e. The number of hydrogen-bond acceptors (Lipinski definition) is 4. The van der Waals surface area contributed by atoms with E-state index in [1.165, 1.54) is 0 Å². The van der Waals surface area contributed by atoms with E-state index in [9.17, 15) is 9.59 Å². The molecule has 24 heavy (non-hydrogen) atoms. The predicted molar refractivity (Wildman–Crippen MR) is 89.6 cm³/mol. The predicted octanol–water partition coefficient (Wildman–Crippen LogP) is 2.81. The molecule has 1 saturated heterocycles. The van der Waals surface area contributed by atoms with Crippen molar-refractivity contribution in [1.82, 2.24) is 4.90 Å². The Morgan fingerprint density at radius 2 is 1.96 bits per heavy atom. The van der Waals surface area contributed by atoms with Crippen molar-refractivity contribution in [2.24, 2.45) is 5.92 Å². The zero-order valence-electron chi connectivity index (χ0n) is 14.4. The standard InChI is InChI=1S/C18H25NO5/c1-12(2)24-16-11-14(23-3)4-5-15(16)18(22)19-8-6-13(7-9-19)10-17(20)21/h4-5,11-13H,6-10H2,1-3H3,(H,20,21). The first kappa shape index (κ1) is 18.1. The van der Waals surface area contributed by atoms with Crippen LogP contribution in [0.2, 0.25) is 0 Å². The number of aliphatic carboxylic acids is 1. The maximum atomic E-state index is 12.8. The smallest absolute Gasteiger partial charge is 0.303 e. The number of rotatable bonds is 6. The Balaban J connectivity index is 2.10. The molecule has 1 N–H and O–H groups in total. The summed E-state index contributed by atoms with van der Waals surface area (Å²) in [5, 5.41) is 8.88. The summed E-state index contributed by atoms with van der Waals surface area (Å²) < 4.78 is 11.0. The van der Waals surface area contributed by atoms with Gasteiger partial charge >= 0.3 is 5.97 Å². The van der Waals surface area contributed by atoms with Gasteiger partial charge in [0.15, 0.2) is 0 Å². The Bertz CT molecular complexity index is 591. The number of piperidine rings is 1. The van der Waals surface area contributed by atoms with E-state index in [-0.39, 0.29) is 24.3 Å². The molecule has 0 atom stereocenters. The first-order chi connectivity index (χ1) is 11.4. The zero-order chi connectivity index (χ0) is 17.7. The van der Waals surface area contributed by atoms with Crippen molar-refractivity contribution in [3.05, 3.63) is 23.8 Å². The molecular weight excluding hydrogens is 310 g/mol. The summed E-state index contributed by atoms with van der Waals surface area (Å²) >= 11 is 0. The summed E-state index contributed by atoms with van der Waals surface area (Å²) in [7, 11) is 1.57. The maximum absolute atomic E-state index is 12.8. The number of benzene rings is 1. The van der Waals surface area contributed by atoms with Crippen molar-refractivity contribution < 1.29 is 24.2 Å². The first-order valence-corrected chi connectivity index (χ1v) is 8.26. The van der Waals surface area contributed by atoms with Gasteiger partial charge in [-0.1, -0.05) is 0 Å². The topological polar surface area (TPSA) is 76.1 Å². The number of nitrogens with zero attached hydrogens (tertiary/aromatic N) is 1. The van der Waals surface area contributed by atoms with Gasteiger partial charge in [-0.25, -0.2) is 0 Å². The van der Waals surface area contributed by atoms with Crippen LogP contribution in [-0.2, 0) is 4.79 Å². The molecule has 1 aromatic rings. The van der Waals surface area contributed by atoms with E-state index in [0.717, 1.165) is 0 Å². The maximum Gasteiger partial charge on any atom is 0.303 e. The summed E-state index contributed by atoms with van der Waals surface area (Å²) in [5.74, 6) is 0.447. The Hall–Kier alpha value is -2.24. The van der Waals surface area contributed by atoms with Crippen molar-refractivity contribution in [2.45, 2.75) is 39.2 Å². The summed E-state index contributed by atoms with van der Waals surface area (Å²) in [6.07, 6.45) is 1.56. The van der Waals surface area contributed by atoms with E-state index in [1.54, 1.807) is 30.2 Å². The van der Waals surface area contributed by atoms with E-state index in [0.29, 0.717) is 43.0 Å². The van der Waals surface area contributed by atoms with Gasteiger partial charge < -0.3 is 19.5 Å². The van der Waals surface area contributed by atoms with Crippen LogP contribution in [0, 0.1) is 5.92 Å². The number of carbonyl (C=O) groups is 2. The number of carboxylic acids is 1. The molecule has 1 aliphatic rings. The van der Waals surface area contributed by atoms with Gasteiger partial charge in [-0.2, -0.15) is 0 Å². The second-order valence-electron chi connectivity index (χ2n) is 6.36. The normalized spacial score (nSPS) is 15.4. The molecule has 0 radical (unpaired) electrons. The van der Waals surface area contributed by atoms with E-state index in [2.05, 4.69) is 0 Å². The van der Waals surface area contributed by atoms with Crippen LogP contribution in [0.1, 0.15) is 43.5 Å². The van der Waals surface area contributed by atoms with Crippen LogP contribution in [-0.4, -0.2) is 48.2 Å². The molecule has 132 valence electrons. The summed E-state index contributed by atoms with van der Waals surface area (Å²) in [6.45, 7) is 4.96. The lowest BCUT2D eigenvalue weighted by Gasteiger charge is -2.32. The van der Waals surface area contributed by atoms with E-state index in [4.69, 9.17) is 14.6 Å². The van der Waals surface area contributed by atoms with Gasteiger partial charge in [0.1, 0.15) is 11.5 Å². The van der Waals surface area contributed by atoms with Crippen molar-refractivity contribution in [3.63, 3.8) is 0 Å². The van der Waals surface area contributed by atoms with Crippen LogP contribution in [0.5, 0.6) is 11.5 Å². The van der Waals surface area contributed by atoms with Gasteiger partial charge in [0.05, 0.1) is 18.8 Å². The number of amides is 1. The highest BCUT2D eigenvalue weighted by molar-refractivity contribution is 5.97. The van der Waals surface area contributed by atoms with E-state index in [1.807, 2.05) is 13.8 Å². The second kappa shape index (κ2) is 8.04. The fourth-order valence-corrected chi connectivity index (χ4v) is 2.92. The highest BCUT2D eigenvalue weighted by atomic mass is 16.5. The third-order valence-corrected chi connectivity index (χ3v) is 4.15. The molecule has 1 fully saturated rings. The summed E-state index contributed by atoms with van der Waals surface area (Å²) in [6, 6.07) is 5.20. The number of carbonyl (C=O) groups excluding carboxylic acids is 1.